The van der Waals surface area contributed by atoms with Gasteiger partial charge in [0.25, 0.3) is 0 Å². The number of imidazole rings is 1. The van der Waals surface area contributed by atoms with E-state index in [0.29, 0.717) is 18.9 Å². The lowest BCUT2D eigenvalue weighted by Gasteiger charge is -2.20. The van der Waals surface area contributed by atoms with Gasteiger partial charge in [0.05, 0.1) is 0 Å². The number of fused-ring (bicyclic) bond motifs is 1. The molecule has 1 aliphatic rings. The summed E-state index contributed by atoms with van der Waals surface area (Å²) >= 11 is 0. The summed E-state index contributed by atoms with van der Waals surface area (Å²) in [7, 11) is 0. The molecule has 1 fully saturated rings. The zero-order valence-electron chi connectivity index (χ0n) is 9.74. The Morgan fingerprint density at radius 1 is 1.44 bits per heavy atom. The first kappa shape index (κ1) is 11.2. The molecule has 0 aliphatic carbocycles. The summed E-state index contributed by atoms with van der Waals surface area (Å²) in [5, 5.41) is 9.15. The van der Waals surface area contributed by atoms with E-state index in [-0.39, 0.29) is 11.6 Å². The first-order chi connectivity index (χ1) is 8.77. The van der Waals surface area contributed by atoms with Crippen LogP contribution in [-0.2, 0) is 4.74 Å². The third-order valence-corrected chi connectivity index (χ3v) is 3.22. The van der Waals surface area contributed by atoms with Gasteiger partial charge < -0.3 is 9.84 Å². The molecule has 0 spiro atoms. The molecule has 1 aliphatic heterocycles. The highest BCUT2D eigenvalue weighted by Crippen LogP contribution is 2.27. The molecule has 3 rings (SSSR count). The molecule has 1 saturated heterocycles. The van der Waals surface area contributed by atoms with Crippen molar-refractivity contribution in [1.29, 1.82) is 0 Å². The predicted octanol–water partition coefficient (Wildman–Crippen LogP) is 1.32. The van der Waals surface area contributed by atoms with Crippen molar-refractivity contribution in [3.8, 4) is 0 Å². The highest BCUT2D eigenvalue weighted by molar-refractivity contribution is 5.92. The molecular formula is C12H13N3O3. The SMILES string of the molecule is O=C(O)c1nc(C2CCOCC2)n2cccnc12. The summed E-state index contributed by atoms with van der Waals surface area (Å²) < 4.78 is 7.10. The smallest absolute Gasteiger partial charge is 0.358 e. The molecule has 18 heavy (non-hydrogen) atoms. The molecule has 6 heteroatoms. The van der Waals surface area contributed by atoms with Crippen LogP contribution in [0.4, 0.5) is 0 Å². The predicted molar refractivity (Wildman–Crippen MR) is 62.7 cm³/mol. The lowest BCUT2D eigenvalue weighted by atomic mass is 10.00. The molecule has 0 unspecified atom stereocenters. The van der Waals surface area contributed by atoms with Gasteiger partial charge in [-0.1, -0.05) is 0 Å². The van der Waals surface area contributed by atoms with E-state index >= 15 is 0 Å². The maximum atomic E-state index is 11.2. The fourth-order valence-corrected chi connectivity index (χ4v) is 2.34. The number of carboxylic acids is 1. The molecule has 3 heterocycles. The van der Waals surface area contributed by atoms with Crippen LogP contribution in [0.25, 0.3) is 5.65 Å². The molecule has 0 aromatic carbocycles. The van der Waals surface area contributed by atoms with Gasteiger partial charge in [-0.3, -0.25) is 4.40 Å². The van der Waals surface area contributed by atoms with Gasteiger partial charge in [-0.15, -0.1) is 0 Å². The van der Waals surface area contributed by atoms with Crippen molar-refractivity contribution < 1.29 is 14.6 Å². The fourth-order valence-electron chi connectivity index (χ4n) is 2.34. The van der Waals surface area contributed by atoms with Gasteiger partial charge >= 0.3 is 5.97 Å². The Labute approximate surface area is 103 Å². The Morgan fingerprint density at radius 3 is 2.94 bits per heavy atom. The largest absolute Gasteiger partial charge is 0.476 e. The van der Waals surface area contributed by atoms with Crippen molar-refractivity contribution >= 4 is 11.6 Å². The van der Waals surface area contributed by atoms with E-state index in [0.717, 1.165) is 18.7 Å². The van der Waals surface area contributed by atoms with E-state index < -0.39 is 5.97 Å². The maximum Gasteiger partial charge on any atom is 0.358 e. The minimum Gasteiger partial charge on any atom is -0.476 e. The van der Waals surface area contributed by atoms with Crippen molar-refractivity contribution in [2.45, 2.75) is 18.8 Å². The second-order valence-corrected chi connectivity index (χ2v) is 4.32. The fraction of sp³-hybridized carbons (Fsp3) is 0.417. The van der Waals surface area contributed by atoms with Gasteiger partial charge in [0.1, 0.15) is 5.82 Å². The minimum absolute atomic E-state index is 0.0251. The molecular weight excluding hydrogens is 234 g/mol. The van der Waals surface area contributed by atoms with E-state index in [1.54, 1.807) is 16.7 Å². The third kappa shape index (κ3) is 1.74. The molecule has 2 aromatic rings. The quantitative estimate of drug-likeness (QED) is 0.866. The van der Waals surface area contributed by atoms with Gasteiger partial charge in [-0.2, -0.15) is 0 Å². The van der Waals surface area contributed by atoms with Gasteiger partial charge in [0.2, 0.25) is 0 Å². The Kier molecular flexibility index (Phi) is 2.71. The summed E-state index contributed by atoms with van der Waals surface area (Å²) in [5.74, 6) is -0.0214. The van der Waals surface area contributed by atoms with Gasteiger partial charge in [0, 0.05) is 31.5 Å². The zero-order chi connectivity index (χ0) is 12.5. The van der Waals surface area contributed by atoms with Crippen LogP contribution in [0.5, 0.6) is 0 Å². The van der Waals surface area contributed by atoms with Crippen LogP contribution < -0.4 is 0 Å². The second kappa shape index (κ2) is 4.38. The van der Waals surface area contributed by atoms with Crippen molar-refractivity contribution in [3.05, 3.63) is 30.0 Å². The zero-order valence-corrected chi connectivity index (χ0v) is 9.74. The van der Waals surface area contributed by atoms with Gasteiger partial charge in [-0.25, -0.2) is 14.8 Å². The van der Waals surface area contributed by atoms with Crippen molar-refractivity contribution in [2.24, 2.45) is 0 Å². The van der Waals surface area contributed by atoms with E-state index in [1.807, 2.05) is 6.20 Å². The maximum absolute atomic E-state index is 11.2. The van der Waals surface area contributed by atoms with Crippen molar-refractivity contribution in [3.63, 3.8) is 0 Å². The first-order valence-corrected chi connectivity index (χ1v) is 5.91. The molecule has 0 bridgehead atoms. The number of ether oxygens (including phenoxy) is 1. The van der Waals surface area contributed by atoms with Crippen LogP contribution in [0.3, 0.4) is 0 Å². The van der Waals surface area contributed by atoms with Crippen molar-refractivity contribution in [1.82, 2.24) is 14.4 Å². The van der Waals surface area contributed by atoms with Crippen LogP contribution in [0.1, 0.15) is 35.1 Å². The topological polar surface area (TPSA) is 76.7 Å². The van der Waals surface area contributed by atoms with E-state index in [4.69, 9.17) is 9.84 Å². The van der Waals surface area contributed by atoms with E-state index in [1.165, 1.54) is 0 Å². The highest BCUT2D eigenvalue weighted by Gasteiger charge is 2.25. The molecule has 0 amide bonds. The van der Waals surface area contributed by atoms with E-state index in [2.05, 4.69) is 9.97 Å². The lowest BCUT2D eigenvalue weighted by Crippen LogP contribution is -2.16. The molecule has 0 atom stereocenters. The Hall–Kier alpha value is -1.95. The summed E-state index contributed by atoms with van der Waals surface area (Å²) in [6, 6.07) is 1.78. The van der Waals surface area contributed by atoms with E-state index in [9.17, 15) is 4.79 Å². The Morgan fingerprint density at radius 2 is 2.22 bits per heavy atom. The summed E-state index contributed by atoms with van der Waals surface area (Å²) in [4.78, 5) is 19.5. The number of aromatic carboxylic acids is 1. The van der Waals surface area contributed by atoms with Crippen molar-refractivity contribution in [2.75, 3.05) is 13.2 Å². The minimum atomic E-state index is -1.04. The standard InChI is InChI=1S/C12H13N3O3/c16-12(17)9-11-13-4-1-5-15(11)10(14-9)8-2-6-18-7-3-8/h1,4-5,8H,2-3,6-7H2,(H,16,17). The number of rotatable bonds is 2. The van der Waals surface area contributed by atoms with Crippen LogP contribution >= 0.6 is 0 Å². The number of aromatic nitrogens is 3. The van der Waals surface area contributed by atoms with Crippen LogP contribution in [0.15, 0.2) is 18.5 Å². The molecule has 6 nitrogen and oxygen atoms in total. The summed E-state index contributed by atoms with van der Waals surface area (Å²) in [5.41, 5.74) is 0.434. The summed E-state index contributed by atoms with van der Waals surface area (Å²) in [6.07, 6.45) is 5.13. The van der Waals surface area contributed by atoms with Crippen LogP contribution in [-0.4, -0.2) is 38.7 Å². The lowest BCUT2D eigenvalue weighted by molar-refractivity contribution is 0.0692. The second-order valence-electron chi connectivity index (χ2n) is 4.32. The number of carbonyl (C=O) groups is 1. The summed E-state index contributed by atoms with van der Waals surface area (Å²) in [6.45, 7) is 1.39. The molecule has 1 N–H and O–H groups in total. The average Bonchev–Trinajstić information content (AvgIpc) is 2.79. The molecule has 2 aromatic heterocycles. The van der Waals surface area contributed by atoms with Gasteiger partial charge in [0.15, 0.2) is 11.3 Å². The number of hydrogen-bond donors (Lipinski definition) is 1. The number of hydrogen-bond acceptors (Lipinski definition) is 4. The molecule has 0 radical (unpaired) electrons. The monoisotopic (exact) mass is 247 g/mol. The average molecular weight is 247 g/mol. The van der Waals surface area contributed by atoms with Gasteiger partial charge in [-0.05, 0) is 18.9 Å². The number of carboxylic acid groups (broad SMARTS) is 1. The first-order valence-electron chi connectivity index (χ1n) is 5.91. The number of nitrogens with zero attached hydrogens (tertiary/aromatic N) is 3. The van der Waals surface area contributed by atoms with Crippen LogP contribution in [0.2, 0.25) is 0 Å². The molecule has 0 saturated carbocycles. The normalized spacial score (nSPS) is 17.1. The van der Waals surface area contributed by atoms with Crippen LogP contribution in [0, 0.1) is 0 Å². The highest BCUT2D eigenvalue weighted by atomic mass is 16.5. The third-order valence-electron chi connectivity index (χ3n) is 3.22. The Balaban J connectivity index is 2.13. The Bertz CT molecular complexity index is 587. The molecule has 94 valence electrons.